The summed E-state index contributed by atoms with van der Waals surface area (Å²) >= 11 is 0. The topological polar surface area (TPSA) is 53.5 Å². The summed E-state index contributed by atoms with van der Waals surface area (Å²) in [5, 5.41) is 3.21. The maximum Gasteiger partial charge on any atom is 0.227 e. The van der Waals surface area contributed by atoms with Crippen LogP contribution in [0, 0.1) is 11.6 Å². The van der Waals surface area contributed by atoms with Crippen molar-refractivity contribution < 1.29 is 13.5 Å². The molecule has 1 aliphatic carbocycles. The summed E-state index contributed by atoms with van der Waals surface area (Å²) in [6, 6.07) is 9.93. The Kier molecular flexibility index (Phi) is 6.32. The Hall–Kier alpha value is -3.26. The molecule has 3 aromatic rings. The minimum Gasteiger partial charge on any atom is -0.486 e. The molecule has 5 rings (SSSR count). The molecule has 1 atom stereocenters. The molecule has 6 nitrogen and oxygen atoms in total. The predicted octanol–water partition coefficient (Wildman–Crippen LogP) is 5.19. The summed E-state index contributed by atoms with van der Waals surface area (Å²) in [4.78, 5) is 12.9. The molecule has 0 spiro atoms. The van der Waals surface area contributed by atoms with E-state index in [1.807, 2.05) is 19.9 Å². The molecule has 2 heterocycles. The monoisotopic (exact) mass is 479 g/mol. The van der Waals surface area contributed by atoms with E-state index in [0.717, 1.165) is 31.1 Å². The molecule has 0 saturated heterocycles. The van der Waals surface area contributed by atoms with E-state index in [1.54, 1.807) is 6.07 Å². The van der Waals surface area contributed by atoms with Crippen molar-refractivity contribution in [1.29, 1.82) is 0 Å². The molecule has 184 valence electrons. The number of benzene rings is 2. The van der Waals surface area contributed by atoms with Crippen molar-refractivity contribution in [2.75, 3.05) is 37.5 Å². The lowest BCUT2D eigenvalue weighted by Gasteiger charge is -2.34. The number of anilines is 3. The van der Waals surface area contributed by atoms with Crippen molar-refractivity contribution in [2.24, 2.45) is 0 Å². The zero-order chi connectivity index (χ0) is 24.7. The number of hydrogen-bond acceptors (Lipinski definition) is 6. The van der Waals surface area contributed by atoms with Crippen molar-refractivity contribution in [3.8, 4) is 17.0 Å². The fourth-order valence-electron chi connectivity index (χ4n) is 4.99. The van der Waals surface area contributed by atoms with Crippen molar-refractivity contribution in [1.82, 2.24) is 14.9 Å². The number of fused-ring (bicyclic) bond motifs is 2. The van der Waals surface area contributed by atoms with Crippen LogP contribution in [0.15, 0.2) is 36.5 Å². The summed E-state index contributed by atoms with van der Waals surface area (Å²) < 4.78 is 35.3. The number of halogens is 2. The molecular weight excluding hydrogens is 448 g/mol. The van der Waals surface area contributed by atoms with Crippen LogP contribution in [-0.4, -0.2) is 54.2 Å². The Morgan fingerprint density at radius 2 is 1.94 bits per heavy atom. The molecule has 0 amide bonds. The van der Waals surface area contributed by atoms with Crippen LogP contribution in [0.3, 0.4) is 0 Å². The van der Waals surface area contributed by atoms with E-state index in [2.05, 4.69) is 51.3 Å². The molecule has 2 aromatic carbocycles. The van der Waals surface area contributed by atoms with Crippen LogP contribution < -0.4 is 15.0 Å². The van der Waals surface area contributed by atoms with Gasteiger partial charge in [0.1, 0.15) is 12.3 Å². The summed E-state index contributed by atoms with van der Waals surface area (Å²) in [5.74, 6) is -0.675. The van der Waals surface area contributed by atoms with Gasteiger partial charge in [-0.1, -0.05) is 6.07 Å². The van der Waals surface area contributed by atoms with Gasteiger partial charge >= 0.3 is 0 Å². The van der Waals surface area contributed by atoms with E-state index in [9.17, 15) is 8.78 Å². The SMILES string of the molecule is CC(C)N1CCOc2c(F)cc(-c3nc(Nc4ccc5c(c4)CC(N(C)C)CC5)ncc3F)cc21. The molecule has 0 saturated carbocycles. The van der Waals surface area contributed by atoms with Crippen molar-refractivity contribution in [3.63, 3.8) is 0 Å². The molecule has 1 unspecified atom stereocenters. The molecule has 1 N–H and O–H groups in total. The fraction of sp³-hybridized carbons (Fsp3) is 0.407. The first-order chi connectivity index (χ1) is 16.8. The van der Waals surface area contributed by atoms with Gasteiger partial charge in [0.05, 0.1) is 18.4 Å². The molecule has 2 aliphatic rings. The number of hydrogen-bond donors (Lipinski definition) is 1. The number of likely N-dealkylation sites (N-methyl/N-ethyl adjacent to an activating group) is 1. The molecule has 8 heteroatoms. The number of nitrogens with one attached hydrogen (secondary N) is 1. The predicted molar refractivity (Wildman–Crippen MR) is 135 cm³/mol. The van der Waals surface area contributed by atoms with Crippen LogP contribution in [-0.2, 0) is 12.8 Å². The average molecular weight is 480 g/mol. The van der Waals surface area contributed by atoms with E-state index < -0.39 is 11.6 Å². The summed E-state index contributed by atoms with van der Waals surface area (Å²) in [6.45, 7) is 5.12. The highest BCUT2D eigenvalue weighted by atomic mass is 19.1. The van der Waals surface area contributed by atoms with Crippen molar-refractivity contribution in [2.45, 2.75) is 45.2 Å². The second kappa shape index (κ2) is 9.41. The van der Waals surface area contributed by atoms with Crippen LogP contribution in [0.2, 0.25) is 0 Å². The molecule has 1 aromatic heterocycles. The Labute approximate surface area is 205 Å². The van der Waals surface area contributed by atoms with E-state index >= 15 is 0 Å². The van der Waals surface area contributed by atoms with Gasteiger partial charge in [-0.25, -0.2) is 18.7 Å². The number of aromatic nitrogens is 2. The maximum atomic E-state index is 14.9. The van der Waals surface area contributed by atoms with Crippen molar-refractivity contribution >= 4 is 17.3 Å². The minimum atomic E-state index is -0.609. The van der Waals surface area contributed by atoms with Crippen molar-refractivity contribution in [3.05, 3.63) is 59.3 Å². The summed E-state index contributed by atoms with van der Waals surface area (Å²) in [7, 11) is 4.23. The third-order valence-corrected chi connectivity index (χ3v) is 6.95. The molecule has 0 radical (unpaired) electrons. The zero-order valence-corrected chi connectivity index (χ0v) is 20.6. The Bertz CT molecular complexity index is 1250. The number of ether oxygens (including phenoxy) is 1. The highest BCUT2D eigenvalue weighted by Gasteiger charge is 2.26. The highest BCUT2D eigenvalue weighted by Crippen LogP contribution is 2.39. The van der Waals surface area contributed by atoms with Gasteiger partial charge < -0.3 is 19.9 Å². The van der Waals surface area contributed by atoms with Gasteiger partial charge in [0, 0.05) is 23.3 Å². The van der Waals surface area contributed by atoms with E-state index in [0.29, 0.717) is 30.4 Å². The van der Waals surface area contributed by atoms with Gasteiger partial charge in [-0.15, -0.1) is 0 Å². The van der Waals surface area contributed by atoms with Crippen LogP contribution in [0.5, 0.6) is 5.75 Å². The largest absolute Gasteiger partial charge is 0.486 e. The van der Waals surface area contributed by atoms with E-state index in [1.165, 1.54) is 17.2 Å². The smallest absolute Gasteiger partial charge is 0.227 e. The third kappa shape index (κ3) is 4.67. The molecule has 1 aliphatic heterocycles. The van der Waals surface area contributed by atoms with Gasteiger partial charge in [-0.3, -0.25) is 0 Å². The molecular formula is C27H31F2N5O. The maximum absolute atomic E-state index is 14.9. The van der Waals surface area contributed by atoms with Gasteiger partial charge in [0.2, 0.25) is 5.95 Å². The van der Waals surface area contributed by atoms with E-state index in [-0.39, 0.29) is 23.4 Å². The normalized spacial score (nSPS) is 17.3. The second-order valence-corrected chi connectivity index (χ2v) is 9.80. The standard InChI is InChI=1S/C27H31F2N5O/c1-16(2)34-9-10-35-26-22(28)13-19(14-24(26)34)25-23(29)15-30-27(32-25)31-20-7-5-17-6-8-21(33(3)4)12-18(17)11-20/h5,7,11,13-16,21H,6,8-10,12H2,1-4H3,(H,30,31,32). The lowest BCUT2D eigenvalue weighted by Crippen LogP contribution is -2.38. The molecule has 35 heavy (non-hydrogen) atoms. The summed E-state index contributed by atoms with van der Waals surface area (Å²) in [6.07, 6.45) is 4.31. The summed E-state index contributed by atoms with van der Waals surface area (Å²) in [5.41, 5.74) is 4.50. The third-order valence-electron chi connectivity index (χ3n) is 6.95. The van der Waals surface area contributed by atoms with Gasteiger partial charge in [0.15, 0.2) is 17.4 Å². The Morgan fingerprint density at radius 3 is 2.71 bits per heavy atom. The lowest BCUT2D eigenvalue weighted by atomic mass is 9.87. The van der Waals surface area contributed by atoms with Gasteiger partial charge in [0.25, 0.3) is 0 Å². The average Bonchev–Trinajstić information content (AvgIpc) is 2.84. The van der Waals surface area contributed by atoms with Gasteiger partial charge in [-0.05, 0) is 82.6 Å². The fourth-order valence-corrected chi connectivity index (χ4v) is 4.99. The Morgan fingerprint density at radius 1 is 1.11 bits per heavy atom. The minimum absolute atomic E-state index is 0.0455. The van der Waals surface area contributed by atoms with Crippen LogP contribution >= 0.6 is 0 Å². The quantitative estimate of drug-likeness (QED) is 0.544. The number of aryl methyl sites for hydroxylation is 1. The first-order valence-corrected chi connectivity index (χ1v) is 12.1. The van der Waals surface area contributed by atoms with E-state index in [4.69, 9.17) is 4.74 Å². The van der Waals surface area contributed by atoms with Crippen LogP contribution in [0.1, 0.15) is 31.4 Å². The highest BCUT2D eigenvalue weighted by molar-refractivity contribution is 5.73. The lowest BCUT2D eigenvalue weighted by molar-refractivity contribution is 0.268. The first-order valence-electron chi connectivity index (χ1n) is 12.1. The van der Waals surface area contributed by atoms with Crippen LogP contribution in [0.25, 0.3) is 11.3 Å². The Balaban J connectivity index is 1.45. The molecule has 0 fully saturated rings. The van der Waals surface area contributed by atoms with Crippen LogP contribution in [0.4, 0.5) is 26.1 Å². The zero-order valence-electron chi connectivity index (χ0n) is 20.6. The van der Waals surface area contributed by atoms with Gasteiger partial charge in [-0.2, -0.15) is 0 Å². The molecule has 0 bridgehead atoms. The number of nitrogens with zero attached hydrogens (tertiary/aromatic N) is 4. The number of rotatable bonds is 5. The second-order valence-electron chi connectivity index (χ2n) is 9.80. The first kappa shape index (κ1) is 23.5.